The van der Waals surface area contributed by atoms with Crippen LogP contribution in [0, 0.1) is 12.8 Å². The first-order chi connectivity index (χ1) is 14.3. The minimum absolute atomic E-state index is 0.0424. The molecular formula is C19H15Cl2N5O4. The standard InChI is InChI=1S/C19H15Cl2N5O4/c1-9(19(27)28)8-29-15-4-12(20)11(3-13(15)21)17-24-18(30-25-17)14-7-26-6-10(2)22-5-16(26)23-14/h3-7,9H,8H2,1-2H3,(H,27,28). The van der Waals surface area contributed by atoms with Crippen molar-refractivity contribution in [2.75, 3.05) is 6.61 Å². The maximum atomic E-state index is 10.9. The van der Waals surface area contributed by atoms with E-state index in [9.17, 15) is 4.79 Å². The maximum absolute atomic E-state index is 10.9. The number of aryl methyl sites for hydroxylation is 1. The van der Waals surface area contributed by atoms with E-state index in [0.29, 0.717) is 16.9 Å². The second kappa shape index (κ2) is 7.92. The van der Waals surface area contributed by atoms with Crippen molar-refractivity contribution in [3.63, 3.8) is 0 Å². The molecule has 30 heavy (non-hydrogen) atoms. The fraction of sp³-hybridized carbons (Fsp3) is 0.211. The number of nitrogens with zero attached hydrogens (tertiary/aromatic N) is 5. The van der Waals surface area contributed by atoms with Crippen LogP contribution in [-0.4, -0.2) is 42.2 Å². The summed E-state index contributed by atoms with van der Waals surface area (Å²) >= 11 is 12.6. The molecule has 1 unspecified atom stereocenters. The van der Waals surface area contributed by atoms with Crippen LogP contribution in [0.4, 0.5) is 0 Å². The van der Waals surface area contributed by atoms with E-state index in [0.717, 1.165) is 5.69 Å². The molecular weight excluding hydrogens is 433 g/mol. The van der Waals surface area contributed by atoms with Crippen LogP contribution >= 0.6 is 23.2 Å². The Morgan fingerprint density at radius 2 is 2.07 bits per heavy atom. The third-order valence-electron chi connectivity index (χ3n) is 4.29. The second-order valence-corrected chi connectivity index (χ2v) is 7.47. The Labute approximate surface area is 180 Å². The molecule has 4 rings (SSSR count). The van der Waals surface area contributed by atoms with Crippen LogP contribution in [0.1, 0.15) is 12.6 Å². The van der Waals surface area contributed by atoms with Gasteiger partial charge in [-0.15, -0.1) is 0 Å². The number of carboxylic acid groups (broad SMARTS) is 1. The monoisotopic (exact) mass is 447 g/mol. The molecule has 0 bridgehead atoms. The van der Waals surface area contributed by atoms with Crippen molar-refractivity contribution in [2.24, 2.45) is 5.92 Å². The summed E-state index contributed by atoms with van der Waals surface area (Å²) in [6.45, 7) is 3.37. The van der Waals surface area contributed by atoms with Crippen LogP contribution < -0.4 is 4.74 Å². The van der Waals surface area contributed by atoms with E-state index >= 15 is 0 Å². The van der Waals surface area contributed by atoms with Crippen molar-refractivity contribution in [3.05, 3.63) is 46.5 Å². The molecule has 1 atom stereocenters. The van der Waals surface area contributed by atoms with E-state index in [1.807, 2.05) is 17.5 Å². The number of aliphatic carboxylic acids is 1. The lowest BCUT2D eigenvalue weighted by atomic mass is 10.2. The van der Waals surface area contributed by atoms with E-state index in [2.05, 4.69) is 20.1 Å². The van der Waals surface area contributed by atoms with Crippen molar-refractivity contribution >= 4 is 34.8 Å². The van der Waals surface area contributed by atoms with Crippen molar-refractivity contribution in [3.8, 4) is 28.7 Å². The highest BCUT2D eigenvalue weighted by Gasteiger charge is 2.19. The van der Waals surface area contributed by atoms with Gasteiger partial charge in [-0.05, 0) is 19.9 Å². The molecule has 0 amide bonds. The molecule has 0 radical (unpaired) electrons. The number of hydrogen-bond donors (Lipinski definition) is 1. The van der Waals surface area contributed by atoms with Crippen molar-refractivity contribution < 1.29 is 19.2 Å². The van der Waals surface area contributed by atoms with Gasteiger partial charge in [-0.1, -0.05) is 28.4 Å². The van der Waals surface area contributed by atoms with Gasteiger partial charge in [0.05, 0.1) is 27.9 Å². The van der Waals surface area contributed by atoms with Crippen molar-refractivity contribution in [1.29, 1.82) is 0 Å². The molecule has 1 N–H and O–H groups in total. The Bertz CT molecular complexity index is 1250. The minimum Gasteiger partial charge on any atom is -0.491 e. The second-order valence-electron chi connectivity index (χ2n) is 6.66. The number of benzene rings is 1. The zero-order valence-corrected chi connectivity index (χ0v) is 17.3. The van der Waals surface area contributed by atoms with Gasteiger partial charge in [0.15, 0.2) is 5.65 Å². The predicted octanol–water partition coefficient (Wildman–Crippen LogP) is 4.16. The molecule has 1 aromatic carbocycles. The van der Waals surface area contributed by atoms with Gasteiger partial charge in [0.25, 0.3) is 5.89 Å². The van der Waals surface area contributed by atoms with Gasteiger partial charge in [-0.2, -0.15) is 4.98 Å². The highest BCUT2D eigenvalue weighted by atomic mass is 35.5. The number of hydrogen-bond acceptors (Lipinski definition) is 7. The summed E-state index contributed by atoms with van der Waals surface area (Å²) in [5, 5.41) is 13.4. The number of rotatable bonds is 6. The summed E-state index contributed by atoms with van der Waals surface area (Å²) in [7, 11) is 0. The lowest BCUT2D eigenvalue weighted by molar-refractivity contribution is -0.142. The number of imidazole rings is 1. The van der Waals surface area contributed by atoms with Gasteiger partial charge in [0.1, 0.15) is 18.1 Å². The summed E-state index contributed by atoms with van der Waals surface area (Å²) in [6, 6.07) is 3.03. The van der Waals surface area contributed by atoms with Crippen LogP contribution in [0.5, 0.6) is 5.75 Å². The van der Waals surface area contributed by atoms with Crippen molar-refractivity contribution in [1.82, 2.24) is 24.5 Å². The van der Waals surface area contributed by atoms with E-state index in [1.54, 1.807) is 12.4 Å². The molecule has 4 aromatic rings. The SMILES string of the molecule is Cc1cn2cc(-c3nc(-c4cc(Cl)c(OCC(C)C(=O)O)cc4Cl)no3)nc2cn1. The normalized spacial score (nSPS) is 12.3. The first kappa shape index (κ1) is 20.1. The highest BCUT2D eigenvalue weighted by molar-refractivity contribution is 6.36. The van der Waals surface area contributed by atoms with Crippen LogP contribution in [0.3, 0.4) is 0 Å². The van der Waals surface area contributed by atoms with Gasteiger partial charge < -0.3 is 18.8 Å². The molecule has 0 fully saturated rings. The van der Waals surface area contributed by atoms with E-state index in [1.165, 1.54) is 19.1 Å². The summed E-state index contributed by atoms with van der Waals surface area (Å²) in [5.74, 6) is -0.942. The molecule has 154 valence electrons. The Morgan fingerprint density at radius 1 is 1.27 bits per heavy atom. The number of carbonyl (C=O) groups is 1. The first-order valence-electron chi connectivity index (χ1n) is 8.82. The van der Waals surface area contributed by atoms with Crippen LogP contribution in [0.15, 0.2) is 35.2 Å². The number of fused-ring (bicyclic) bond motifs is 1. The minimum atomic E-state index is -0.967. The van der Waals surface area contributed by atoms with Crippen LogP contribution in [0.2, 0.25) is 10.0 Å². The Hall–Kier alpha value is -3.17. The fourth-order valence-corrected chi connectivity index (χ4v) is 3.09. The summed E-state index contributed by atoms with van der Waals surface area (Å²) in [4.78, 5) is 23.9. The van der Waals surface area contributed by atoms with E-state index in [4.69, 9.17) is 37.6 Å². The quantitative estimate of drug-likeness (QED) is 0.468. The predicted molar refractivity (Wildman–Crippen MR) is 109 cm³/mol. The Kier molecular flexibility index (Phi) is 5.31. The molecule has 3 heterocycles. The van der Waals surface area contributed by atoms with Crippen molar-refractivity contribution in [2.45, 2.75) is 13.8 Å². The molecule has 0 aliphatic heterocycles. The summed E-state index contributed by atoms with van der Waals surface area (Å²) in [6.07, 6.45) is 5.25. The zero-order valence-electron chi connectivity index (χ0n) is 15.8. The Balaban J connectivity index is 1.60. The molecule has 3 aromatic heterocycles. The largest absolute Gasteiger partial charge is 0.491 e. The molecule has 9 nitrogen and oxygen atoms in total. The molecule has 0 saturated carbocycles. The highest BCUT2D eigenvalue weighted by Crippen LogP contribution is 2.36. The van der Waals surface area contributed by atoms with Crippen LogP contribution in [0.25, 0.3) is 28.6 Å². The summed E-state index contributed by atoms with van der Waals surface area (Å²) < 4.78 is 12.6. The third kappa shape index (κ3) is 3.94. The van der Waals surface area contributed by atoms with Gasteiger partial charge in [-0.3, -0.25) is 9.78 Å². The maximum Gasteiger partial charge on any atom is 0.309 e. The lowest BCUT2D eigenvalue weighted by Gasteiger charge is -2.12. The third-order valence-corrected chi connectivity index (χ3v) is 4.90. The molecule has 0 saturated heterocycles. The number of halogens is 2. The van der Waals surface area contributed by atoms with Gasteiger partial charge in [0.2, 0.25) is 5.82 Å². The molecule has 11 heteroatoms. The topological polar surface area (TPSA) is 116 Å². The molecule has 0 aliphatic carbocycles. The average Bonchev–Trinajstić information content (AvgIpc) is 3.34. The molecule has 0 aliphatic rings. The smallest absolute Gasteiger partial charge is 0.309 e. The van der Waals surface area contributed by atoms with E-state index in [-0.39, 0.29) is 34.1 Å². The number of aromatic nitrogens is 5. The first-order valence-corrected chi connectivity index (χ1v) is 9.58. The Morgan fingerprint density at radius 3 is 2.83 bits per heavy atom. The van der Waals surface area contributed by atoms with Gasteiger partial charge in [0, 0.05) is 24.0 Å². The average molecular weight is 448 g/mol. The number of ether oxygens (including phenoxy) is 1. The summed E-state index contributed by atoms with van der Waals surface area (Å²) in [5.41, 5.74) is 2.43. The lowest BCUT2D eigenvalue weighted by Crippen LogP contribution is -2.18. The fourth-order valence-electron chi connectivity index (χ4n) is 2.64. The van der Waals surface area contributed by atoms with Gasteiger partial charge >= 0.3 is 5.97 Å². The molecule has 0 spiro atoms. The van der Waals surface area contributed by atoms with E-state index < -0.39 is 11.9 Å². The van der Waals surface area contributed by atoms with Gasteiger partial charge in [-0.25, -0.2) is 4.98 Å². The zero-order chi connectivity index (χ0) is 21.4. The number of carboxylic acids is 1. The van der Waals surface area contributed by atoms with Crippen LogP contribution in [-0.2, 0) is 4.79 Å².